The van der Waals surface area contributed by atoms with E-state index in [1.165, 1.54) is 18.6 Å². The van der Waals surface area contributed by atoms with E-state index >= 15 is 0 Å². The topological polar surface area (TPSA) is 24.7 Å². The molecule has 2 nitrogen and oxygen atoms in total. The third kappa shape index (κ3) is 1.94. The lowest BCUT2D eigenvalue weighted by Crippen LogP contribution is -1.97. The lowest BCUT2D eigenvalue weighted by molar-refractivity contribution is 0.830. The van der Waals surface area contributed by atoms with Crippen LogP contribution in [0.25, 0.3) is 0 Å². The average molecular weight is 138 g/mol. The Morgan fingerprint density at radius 2 is 2.20 bits per heavy atom. The van der Waals surface area contributed by atoms with Gasteiger partial charge in [0.2, 0.25) is 0 Å². The SMILES string of the molecule is CCCCC1=NN=C(C)C1. The minimum Gasteiger partial charge on any atom is -0.160 e. The van der Waals surface area contributed by atoms with E-state index in [9.17, 15) is 0 Å². The van der Waals surface area contributed by atoms with Crippen LogP contribution in [0.3, 0.4) is 0 Å². The Hall–Kier alpha value is -0.660. The van der Waals surface area contributed by atoms with Crippen molar-refractivity contribution in [3.05, 3.63) is 0 Å². The minimum atomic E-state index is 1.01. The second kappa shape index (κ2) is 3.49. The van der Waals surface area contributed by atoms with Crippen LogP contribution in [0.1, 0.15) is 39.5 Å². The highest BCUT2D eigenvalue weighted by Crippen LogP contribution is 2.07. The Labute approximate surface area is 62.0 Å². The van der Waals surface area contributed by atoms with Gasteiger partial charge in [0.25, 0.3) is 0 Å². The molecule has 0 spiro atoms. The molecule has 0 saturated heterocycles. The molecule has 1 heterocycles. The molecule has 0 amide bonds. The molecule has 0 aromatic rings. The molecule has 1 rings (SSSR count). The van der Waals surface area contributed by atoms with Crippen molar-refractivity contribution in [2.75, 3.05) is 0 Å². The molecule has 0 radical (unpaired) electrons. The van der Waals surface area contributed by atoms with Crippen molar-refractivity contribution < 1.29 is 0 Å². The highest BCUT2D eigenvalue weighted by Gasteiger charge is 2.06. The van der Waals surface area contributed by atoms with Crippen LogP contribution < -0.4 is 0 Å². The summed E-state index contributed by atoms with van der Waals surface area (Å²) in [5.41, 5.74) is 2.42. The van der Waals surface area contributed by atoms with Gasteiger partial charge in [-0.25, -0.2) is 0 Å². The molecule has 0 aromatic heterocycles. The summed E-state index contributed by atoms with van der Waals surface area (Å²) in [6, 6.07) is 0. The predicted molar refractivity (Wildman–Crippen MR) is 44.7 cm³/mol. The third-order valence-electron chi connectivity index (χ3n) is 1.64. The first-order chi connectivity index (χ1) is 4.83. The Morgan fingerprint density at radius 3 is 2.70 bits per heavy atom. The molecular weight excluding hydrogens is 124 g/mol. The monoisotopic (exact) mass is 138 g/mol. The van der Waals surface area contributed by atoms with Gasteiger partial charge in [-0.05, 0) is 19.8 Å². The van der Waals surface area contributed by atoms with E-state index in [1.54, 1.807) is 0 Å². The van der Waals surface area contributed by atoms with E-state index in [0.29, 0.717) is 0 Å². The molecule has 0 aromatic carbocycles. The van der Waals surface area contributed by atoms with Crippen molar-refractivity contribution in [3.8, 4) is 0 Å². The van der Waals surface area contributed by atoms with Crippen LogP contribution >= 0.6 is 0 Å². The second-order valence-electron chi connectivity index (χ2n) is 2.78. The first-order valence-electron chi connectivity index (χ1n) is 3.91. The fourth-order valence-corrected chi connectivity index (χ4v) is 1.04. The summed E-state index contributed by atoms with van der Waals surface area (Å²) in [6.07, 6.45) is 4.65. The van der Waals surface area contributed by atoms with Crippen molar-refractivity contribution in [1.29, 1.82) is 0 Å². The third-order valence-corrected chi connectivity index (χ3v) is 1.64. The van der Waals surface area contributed by atoms with E-state index in [-0.39, 0.29) is 0 Å². The molecule has 0 N–H and O–H groups in total. The smallest absolute Gasteiger partial charge is 0.0462 e. The summed E-state index contributed by atoms with van der Waals surface area (Å²) in [5.74, 6) is 0. The normalized spacial score (nSPS) is 17.0. The van der Waals surface area contributed by atoms with Gasteiger partial charge in [-0.15, -0.1) is 0 Å². The summed E-state index contributed by atoms with van der Waals surface area (Å²) in [5, 5.41) is 8.03. The maximum absolute atomic E-state index is 4.06. The zero-order valence-corrected chi connectivity index (χ0v) is 6.72. The van der Waals surface area contributed by atoms with Gasteiger partial charge in [0.1, 0.15) is 0 Å². The molecule has 1 aliphatic heterocycles. The first-order valence-corrected chi connectivity index (χ1v) is 3.91. The van der Waals surface area contributed by atoms with Gasteiger partial charge < -0.3 is 0 Å². The number of hydrogen-bond acceptors (Lipinski definition) is 2. The summed E-state index contributed by atoms with van der Waals surface area (Å²) in [6.45, 7) is 4.23. The Morgan fingerprint density at radius 1 is 1.40 bits per heavy atom. The molecular formula is C8H14N2. The van der Waals surface area contributed by atoms with Crippen LogP contribution in [-0.2, 0) is 0 Å². The zero-order valence-electron chi connectivity index (χ0n) is 6.72. The second-order valence-corrected chi connectivity index (χ2v) is 2.78. The number of rotatable bonds is 3. The van der Waals surface area contributed by atoms with Crippen LogP contribution in [0.4, 0.5) is 0 Å². The summed E-state index contributed by atoms with van der Waals surface area (Å²) in [4.78, 5) is 0. The van der Waals surface area contributed by atoms with Crippen molar-refractivity contribution >= 4 is 11.4 Å². The summed E-state index contributed by atoms with van der Waals surface area (Å²) < 4.78 is 0. The van der Waals surface area contributed by atoms with E-state index in [0.717, 1.165) is 18.6 Å². The minimum absolute atomic E-state index is 1.01. The lowest BCUT2D eigenvalue weighted by atomic mass is 10.1. The van der Waals surface area contributed by atoms with E-state index in [1.807, 2.05) is 6.92 Å². The van der Waals surface area contributed by atoms with Gasteiger partial charge in [-0.2, -0.15) is 10.2 Å². The van der Waals surface area contributed by atoms with Crippen molar-refractivity contribution in [2.24, 2.45) is 10.2 Å². The van der Waals surface area contributed by atoms with Gasteiger partial charge in [0, 0.05) is 17.8 Å². The first kappa shape index (κ1) is 7.45. The maximum Gasteiger partial charge on any atom is 0.0462 e. The molecule has 0 bridgehead atoms. The molecule has 1 aliphatic rings. The van der Waals surface area contributed by atoms with Gasteiger partial charge in [-0.3, -0.25) is 0 Å². The number of hydrogen-bond donors (Lipinski definition) is 0. The highest BCUT2D eigenvalue weighted by atomic mass is 15.2. The van der Waals surface area contributed by atoms with Crippen LogP contribution in [-0.4, -0.2) is 11.4 Å². The van der Waals surface area contributed by atoms with Crippen LogP contribution in [0, 0.1) is 0 Å². The molecule has 56 valence electrons. The van der Waals surface area contributed by atoms with E-state index in [2.05, 4.69) is 17.1 Å². The predicted octanol–water partition coefficient (Wildman–Crippen LogP) is 2.40. The maximum atomic E-state index is 4.06. The number of unbranched alkanes of at least 4 members (excludes halogenated alkanes) is 1. The van der Waals surface area contributed by atoms with E-state index in [4.69, 9.17) is 0 Å². The van der Waals surface area contributed by atoms with Crippen LogP contribution in [0.2, 0.25) is 0 Å². The molecule has 0 fully saturated rings. The largest absolute Gasteiger partial charge is 0.160 e. The van der Waals surface area contributed by atoms with Crippen molar-refractivity contribution in [2.45, 2.75) is 39.5 Å². The summed E-state index contributed by atoms with van der Waals surface area (Å²) in [7, 11) is 0. The van der Waals surface area contributed by atoms with Crippen LogP contribution in [0.15, 0.2) is 10.2 Å². The quantitative estimate of drug-likeness (QED) is 0.572. The average Bonchev–Trinajstić information content (AvgIpc) is 2.31. The molecule has 2 heteroatoms. The molecule has 0 atom stereocenters. The fourth-order valence-electron chi connectivity index (χ4n) is 1.04. The van der Waals surface area contributed by atoms with Crippen molar-refractivity contribution in [3.63, 3.8) is 0 Å². The Bertz CT molecular complexity index is 168. The van der Waals surface area contributed by atoms with Gasteiger partial charge in [0.05, 0.1) is 0 Å². The summed E-state index contributed by atoms with van der Waals surface area (Å²) >= 11 is 0. The van der Waals surface area contributed by atoms with Gasteiger partial charge >= 0.3 is 0 Å². The molecule has 0 unspecified atom stereocenters. The van der Waals surface area contributed by atoms with Crippen LogP contribution in [0.5, 0.6) is 0 Å². The molecule has 0 saturated carbocycles. The van der Waals surface area contributed by atoms with Gasteiger partial charge in [0.15, 0.2) is 0 Å². The van der Waals surface area contributed by atoms with E-state index < -0.39 is 0 Å². The number of nitrogens with zero attached hydrogens (tertiary/aromatic N) is 2. The molecule has 10 heavy (non-hydrogen) atoms. The lowest BCUT2D eigenvalue weighted by Gasteiger charge is -1.94. The fraction of sp³-hybridized carbons (Fsp3) is 0.750. The highest BCUT2D eigenvalue weighted by molar-refractivity contribution is 6.06. The van der Waals surface area contributed by atoms with Crippen molar-refractivity contribution in [1.82, 2.24) is 0 Å². The van der Waals surface area contributed by atoms with Gasteiger partial charge in [-0.1, -0.05) is 13.3 Å². The standard InChI is InChI=1S/C8H14N2/c1-3-4-5-8-6-7(2)9-10-8/h3-6H2,1-2H3. The molecule has 0 aliphatic carbocycles. The Kier molecular flexibility index (Phi) is 2.60. The Balaban J connectivity index is 2.22. The zero-order chi connectivity index (χ0) is 7.40.